The third kappa shape index (κ3) is 3.49. The summed E-state index contributed by atoms with van der Waals surface area (Å²) in [5.41, 5.74) is 0.448. The number of likely N-dealkylation sites (N-methyl/N-ethyl adjacent to an activating group) is 1. The Labute approximate surface area is 147 Å². The Morgan fingerprint density at radius 1 is 1.36 bits per heavy atom. The smallest absolute Gasteiger partial charge is 0.275 e. The molecule has 0 bridgehead atoms. The van der Waals surface area contributed by atoms with Gasteiger partial charge >= 0.3 is 0 Å². The molecule has 0 spiro atoms. The van der Waals surface area contributed by atoms with Gasteiger partial charge in [-0.1, -0.05) is 6.07 Å². The van der Waals surface area contributed by atoms with E-state index < -0.39 is 5.54 Å². The highest BCUT2D eigenvalue weighted by Gasteiger charge is 2.44. The lowest BCUT2D eigenvalue weighted by Crippen LogP contribution is -2.65. The number of carbonyl (C=O) groups excluding carboxylic acids is 1. The van der Waals surface area contributed by atoms with Crippen LogP contribution in [-0.2, 0) is 9.47 Å². The molecule has 7 heteroatoms. The van der Waals surface area contributed by atoms with E-state index in [4.69, 9.17) is 9.47 Å². The highest BCUT2D eigenvalue weighted by molar-refractivity contribution is 6.03. The van der Waals surface area contributed by atoms with Crippen LogP contribution in [0.15, 0.2) is 30.6 Å². The molecule has 0 aromatic carbocycles. The topological polar surface area (TPSA) is 67.8 Å². The number of hydrogen-bond donors (Lipinski definition) is 0. The summed E-state index contributed by atoms with van der Waals surface area (Å²) < 4.78 is 11.2. The largest absolute Gasteiger partial charge is 0.382 e. The molecule has 0 saturated carbocycles. The Kier molecular flexibility index (Phi) is 5.27. The summed E-state index contributed by atoms with van der Waals surface area (Å²) in [4.78, 5) is 26.0. The highest BCUT2D eigenvalue weighted by atomic mass is 16.5. The lowest BCUT2D eigenvalue weighted by Gasteiger charge is -2.47. The Bertz CT molecular complexity index is 743. The van der Waals surface area contributed by atoms with E-state index in [9.17, 15) is 4.79 Å². The van der Waals surface area contributed by atoms with Gasteiger partial charge in [0.25, 0.3) is 5.91 Å². The van der Waals surface area contributed by atoms with Crippen molar-refractivity contribution in [3.05, 3.63) is 36.3 Å². The summed E-state index contributed by atoms with van der Waals surface area (Å²) in [5.74, 6) is -0.133. The van der Waals surface area contributed by atoms with Crippen molar-refractivity contribution in [3.63, 3.8) is 0 Å². The third-order valence-electron chi connectivity index (χ3n) is 4.39. The third-order valence-corrected chi connectivity index (χ3v) is 4.39. The van der Waals surface area contributed by atoms with E-state index in [0.717, 1.165) is 5.39 Å². The fraction of sp³-hybridized carbons (Fsp3) is 0.500. The van der Waals surface area contributed by atoms with Gasteiger partial charge in [-0.2, -0.15) is 0 Å². The molecule has 134 valence electrons. The van der Waals surface area contributed by atoms with Crippen molar-refractivity contribution < 1.29 is 14.3 Å². The molecular weight excluding hydrogens is 320 g/mol. The normalized spacial score (nSPS) is 21.0. The van der Waals surface area contributed by atoms with Gasteiger partial charge in [0.05, 0.1) is 19.8 Å². The van der Waals surface area contributed by atoms with Crippen LogP contribution in [0.1, 0.15) is 10.5 Å². The van der Waals surface area contributed by atoms with Gasteiger partial charge in [-0.3, -0.25) is 9.78 Å². The molecule has 1 unspecified atom stereocenters. The molecule has 2 aromatic rings. The van der Waals surface area contributed by atoms with Crippen LogP contribution in [0, 0.1) is 0 Å². The summed E-state index contributed by atoms with van der Waals surface area (Å²) >= 11 is 0. The zero-order valence-corrected chi connectivity index (χ0v) is 14.9. The van der Waals surface area contributed by atoms with Crippen LogP contribution in [0.4, 0.5) is 0 Å². The number of amides is 1. The zero-order chi connectivity index (χ0) is 17.9. The molecule has 0 radical (unpaired) electrons. The van der Waals surface area contributed by atoms with Gasteiger partial charge in [0.2, 0.25) is 0 Å². The molecule has 1 aliphatic rings. The minimum Gasteiger partial charge on any atom is -0.382 e. The van der Waals surface area contributed by atoms with Crippen LogP contribution in [0.3, 0.4) is 0 Å². The van der Waals surface area contributed by atoms with Crippen molar-refractivity contribution in [2.75, 3.05) is 54.1 Å². The number of hydrogen-bond acceptors (Lipinski definition) is 6. The minimum absolute atomic E-state index is 0.133. The predicted octanol–water partition coefficient (Wildman–Crippen LogP) is 1.05. The summed E-state index contributed by atoms with van der Waals surface area (Å²) in [6.07, 6.45) is 3.34. The van der Waals surface area contributed by atoms with Gasteiger partial charge in [0.1, 0.15) is 11.1 Å². The Hall–Kier alpha value is -2.09. The molecule has 0 aliphatic carbocycles. The van der Waals surface area contributed by atoms with Crippen molar-refractivity contribution in [1.82, 2.24) is 19.8 Å². The second-order valence-corrected chi connectivity index (χ2v) is 6.64. The van der Waals surface area contributed by atoms with Gasteiger partial charge < -0.3 is 19.3 Å². The first-order valence-corrected chi connectivity index (χ1v) is 8.30. The molecule has 3 heterocycles. The summed E-state index contributed by atoms with van der Waals surface area (Å²) in [6.45, 7) is 2.48. The molecule has 1 saturated heterocycles. The fourth-order valence-electron chi connectivity index (χ4n) is 3.49. The van der Waals surface area contributed by atoms with Gasteiger partial charge in [-0.15, -0.1) is 0 Å². The lowest BCUT2D eigenvalue weighted by molar-refractivity contribution is -0.0895. The number of rotatable bonds is 5. The molecule has 3 rings (SSSR count). The molecule has 1 amide bonds. The predicted molar refractivity (Wildman–Crippen MR) is 94.6 cm³/mol. The Morgan fingerprint density at radius 3 is 2.96 bits per heavy atom. The molecule has 1 atom stereocenters. The average molecular weight is 344 g/mol. The first kappa shape index (κ1) is 17.7. The Balaban J connectivity index is 2.02. The standard InChI is InChI=1S/C18H24N4O3/c1-21(2)11-18(12-24-3)13-25-10-9-22(18)17(23)16-15-14(6-8-20-16)5-4-7-19-15/h4-8H,9-13H2,1-3H3. The van der Waals surface area contributed by atoms with Crippen LogP contribution in [-0.4, -0.2) is 85.3 Å². The minimum atomic E-state index is -0.549. The average Bonchev–Trinajstić information content (AvgIpc) is 2.60. The maximum absolute atomic E-state index is 13.4. The second kappa shape index (κ2) is 7.43. The van der Waals surface area contributed by atoms with E-state index in [1.54, 1.807) is 19.5 Å². The maximum atomic E-state index is 13.4. The van der Waals surface area contributed by atoms with Gasteiger partial charge in [0.15, 0.2) is 5.69 Å². The monoisotopic (exact) mass is 344 g/mol. The number of carbonyl (C=O) groups is 1. The molecule has 2 aromatic heterocycles. The summed E-state index contributed by atoms with van der Waals surface area (Å²) in [6, 6.07) is 5.65. The van der Waals surface area contributed by atoms with Gasteiger partial charge in [-0.25, -0.2) is 4.98 Å². The molecule has 1 aliphatic heterocycles. The molecule has 7 nitrogen and oxygen atoms in total. The van der Waals surface area contributed by atoms with Crippen LogP contribution in [0.5, 0.6) is 0 Å². The summed E-state index contributed by atoms with van der Waals surface area (Å²) in [5, 5.41) is 0.902. The van der Waals surface area contributed by atoms with Crippen LogP contribution < -0.4 is 0 Å². The van der Waals surface area contributed by atoms with Gasteiger partial charge in [0, 0.05) is 38.0 Å². The lowest BCUT2D eigenvalue weighted by atomic mass is 9.96. The van der Waals surface area contributed by atoms with Crippen LogP contribution >= 0.6 is 0 Å². The van der Waals surface area contributed by atoms with Crippen molar-refractivity contribution in [3.8, 4) is 0 Å². The van der Waals surface area contributed by atoms with E-state index in [-0.39, 0.29) is 5.91 Å². The van der Waals surface area contributed by atoms with E-state index in [1.807, 2.05) is 42.1 Å². The first-order valence-electron chi connectivity index (χ1n) is 8.30. The summed E-state index contributed by atoms with van der Waals surface area (Å²) in [7, 11) is 5.60. The molecule has 25 heavy (non-hydrogen) atoms. The zero-order valence-electron chi connectivity index (χ0n) is 14.9. The SMILES string of the molecule is COCC1(CN(C)C)COCCN1C(=O)c1nccc2cccnc12. The number of nitrogens with zero attached hydrogens (tertiary/aromatic N) is 4. The number of pyridine rings is 2. The van der Waals surface area contributed by atoms with E-state index >= 15 is 0 Å². The van der Waals surface area contributed by atoms with Crippen molar-refractivity contribution in [2.24, 2.45) is 0 Å². The number of aromatic nitrogens is 2. The Morgan fingerprint density at radius 2 is 2.20 bits per heavy atom. The van der Waals surface area contributed by atoms with Crippen LogP contribution in [0.25, 0.3) is 10.9 Å². The van der Waals surface area contributed by atoms with Crippen molar-refractivity contribution in [1.29, 1.82) is 0 Å². The van der Waals surface area contributed by atoms with Crippen molar-refractivity contribution in [2.45, 2.75) is 5.54 Å². The first-order chi connectivity index (χ1) is 12.1. The number of methoxy groups -OCH3 is 1. The van der Waals surface area contributed by atoms with Gasteiger partial charge in [-0.05, 0) is 26.2 Å². The number of fused-ring (bicyclic) bond motifs is 1. The van der Waals surface area contributed by atoms with E-state index in [0.29, 0.717) is 44.1 Å². The number of ether oxygens (including phenoxy) is 2. The van der Waals surface area contributed by atoms with Crippen LogP contribution in [0.2, 0.25) is 0 Å². The molecule has 0 N–H and O–H groups in total. The fourth-order valence-corrected chi connectivity index (χ4v) is 3.49. The maximum Gasteiger partial charge on any atom is 0.275 e. The molecule has 1 fully saturated rings. The van der Waals surface area contributed by atoms with Crippen molar-refractivity contribution >= 4 is 16.8 Å². The quantitative estimate of drug-likeness (QED) is 0.808. The highest BCUT2D eigenvalue weighted by Crippen LogP contribution is 2.25. The second-order valence-electron chi connectivity index (χ2n) is 6.64. The number of morpholine rings is 1. The van der Waals surface area contributed by atoms with E-state index in [1.165, 1.54) is 0 Å². The molecular formula is C18H24N4O3. The van der Waals surface area contributed by atoms with E-state index in [2.05, 4.69) is 9.97 Å².